The van der Waals surface area contributed by atoms with Crippen LogP contribution in [0.3, 0.4) is 0 Å². The van der Waals surface area contributed by atoms with Gasteiger partial charge in [-0.3, -0.25) is 9.69 Å². The molecule has 1 amide bonds. The van der Waals surface area contributed by atoms with E-state index in [1.54, 1.807) is 10.3 Å². The van der Waals surface area contributed by atoms with Crippen molar-refractivity contribution in [2.45, 2.75) is 44.7 Å². The number of likely N-dealkylation sites (N-methyl/N-ethyl adjacent to an activating group) is 1. The largest absolute Gasteiger partial charge is 0.488 e. The molecule has 4 aromatic rings. The SMILES string of the molecule is CCN1CCN2c3nc(OC[C@@]45CCCN4C[C@H](C)C5)nc4c(F)c(-c5ccc(F)c6scc(C#N)c56)c(Cl)c(c34)OCC2C1=O. The van der Waals surface area contributed by atoms with Gasteiger partial charge in [-0.1, -0.05) is 24.6 Å². The number of amides is 1. The second kappa shape index (κ2) is 10.9. The zero-order chi connectivity index (χ0) is 31.9. The minimum absolute atomic E-state index is 0.00456. The van der Waals surface area contributed by atoms with Crippen molar-refractivity contribution in [3.05, 3.63) is 39.7 Å². The quantitative estimate of drug-likeness (QED) is 0.257. The van der Waals surface area contributed by atoms with Gasteiger partial charge in [-0.2, -0.15) is 15.2 Å². The Balaban J connectivity index is 1.34. The van der Waals surface area contributed by atoms with E-state index in [0.717, 1.165) is 43.7 Å². The van der Waals surface area contributed by atoms with Gasteiger partial charge in [-0.25, -0.2) is 8.78 Å². The van der Waals surface area contributed by atoms with Gasteiger partial charge < -0.3 is 19.3 Å². The first-order chi connectivity index (χ1) is 22.2. The van der Waals surface area contributed by atoms with Gasteiger partial charge >= 0.3 is 6.01 Å². The van der Waals surface area contributed by atoms with Crippen molar-refractivity contribution in [3.8, 4) is 29.0 Å². The Morgan fingerprint density at radius 2 is 2.09 bits per heavy atom. The van der Waals surface area contributed by atoms with Crippen molar-refractivity contribution in [3.63, 3.8) is 0 Å². The number of hydrogen-bond donors (Lipinski definition) is 0. The molecule has 3 saturated heterocycles. The van der Waals surface area contributed by atoms with E-state index in [-0.39, 0.29) is 72.5 Å². The summed E-state index contributed by atoms with van der Waals surface area (Å²) in [6, 6.07) is 4.04. The number of nitrogens with zero attached hydrogens (tertiary/aromatic N) is 6. The molecule has 0 saturated carbocycles. The number of piperazine rings is 1. The number of aromatic nitrogens is 2. The van der Waals surface area contributed by atoms with E-state index in [2.05, 4.69) is 22.9 Å². The van der Waals surface area contributed by atoms with Gasteiger partial charge in [0, 0.05) is 42.5 Å². The van der Waals surface area contributed by atoms with Crippen molar-refractivity contribution in [1.29, 1.82) is 5.26 Å². The van der Waals surface area contributed by atoms with Crippen LogP contribution in [-0.4, -0.2) is 83.2 Å². The third-order valence-electron chi connectivity index (χ3n) is 10.1. The second-order valence-corrected chi connectivity index (χ2v) is 14.0. The third-order valence-corrected chi connectivity index (χ3v) is 11.4. The van der Waals surface area contributed by atoms with Crippen molar-refractivity contribution in [2.75, 3.05) is 50.8 Å². The molecule has 4 aliphatic heterocycles. The van der Waals surface area contributed by atoms with Gasteiger partial charge in [-0.05, 0) is 50.3 Å². The lowest BCUT2D eigenvalue weighted by Gasteiger charge is -2.39. The lowest BCUT2D eigenvalue weighted by molar-refractivity contribution is -0.134. The fourth-order valence-corrected chi connectivity index (χ4v) is 9.30. The molecule has 0 aliphatic carbocycles. The zero-order valence-corrected chi connectivity index (χ0v) is 27.0. The molecule has 9 nitrogen and oxygen atoms in total. The number of rotatable bonds is 5. The molecule has 1 unspecified atom stereocenters. The minimum Gasteiger partial charge on any atom is -0.488 e. The van der Waals surface area contributed by atoms with Crippen molar-refractivity contribution in [2.24, 2.45) is 5.92 Å². The van der Waals surface area contributed by atoms with E-state index < -0.39 is 17.7 Å². The Morgan fingerprint density at radius 3 is 2.89 bits per heavy atom. The number of halogens is 3. The maximum absolute atomic E-state index is 17.1. The van der Waals surface area contributed by atoms with Crippen molar-refractivity contribution >= 4 is 55.7 Å². The van der Waals surface area contributed by atoms with Crippen LogP contribution >= 0.6 is 22.9 Å². The third kappa shape index (κ3) is 4.28. The highest BCUT2D eigenvalue weighted by atomic mass is 35.5. The second-order valence-electron chi connectivity index (χ2n) is 12.8. The van der Waals surface area contributed by atoms with Gasteiger partial charge in [-0.15, -0.1) is 11.3 Å². The monoisotopic (exact) mass is 664 g/mol. The molecule has 46 heavy (non-hydrogen) atoms. The molecule has 3 fully saturated rings. The summed E-state index contributed by atoms with van der Waals surface area (Å²) in [5.74, 6) is -0.406. The maximum Gasteiger partial charge on any atom is 0.319 e. The molecule has 0 spiro atoms. The maximum atomic E-state index is 17.1. The molecule has 13 heteroatoms. The fraction of sp³-hybridized carbons (Fsp3) is 0.455. The molecule has 2 aromatic carbocycles. The molecular weight excluding hydrogens is 634 g/mol. The standard InChI is InChI=1S/C33H31ClF2N6O3S/c1-3-40-9-10-42-21(31(40)43)14-44-28-24-27(38-32(39-30(24)42)45-16-33-7-4-8-41(33)13-17(2)11-33)26(36)23(25(28)34)19-5-6-20(35)29-22(19)18(12-37)15-46-29/h5-6,15,17,21H,3-4,7-11,13-14,16H2,1-2H3/t17-,21?,33+/m1/s1. The van der Waals surface area contributed by atoms with Crippen molar-refractivity contribution in [1.82, 2.24) is 19.8 Å². The summed E-state index contributed by atoms with van der Waals surface area (Å²) in [5, 5.41) is 11.8. The number of benzene rings is 2. The lowest BCUT2D eigenvalue weighted by Crippen LogP contribution is -2.59. The number of fused-ring (bicyclic) bond motifs is 4. The number of ether oxygens (including phenoxy) is 2. The minimum atomic E-state index is -0.768. The molecule has 0 radical (unpaired) electrons. The smallest absolute Gasteiger partial charge is 0.319 e. The van der Waals surface area contributed by atoms with E-state index in [1.165, 1.54) is 12.1 Å². The Hall–Kier alpha value is -3.79. The molecule has 8 rings (SSSR count). The van der Waals surface area contributed by atoms with E-state index >= 15 is 4.39 Å². The number of anilines is 1. The Bertz CT molecular complexity index is 1980. The number of thiophene rings is 1. The Kier molecular flexibility index (Phi) is 7.01. The van der Waals surface area contributed by atoms with Crippen LogP contribution in [0, 0.1) is 28.9 Å². The molecule has 3 atom stereocenters. The summed E-state index contributed by atoms with van der Waals surface area (Å²) in [5.41, 5.74) is 0.189. The van der Waals surface area contributed by atoms with E-state index in [0.29, 0.717) is 38.0 Å². The van der Waals surface area contributed by atoms with Crippen molar-refractivity contribution < 1.29 is 23.0 Å². The van der Waals surface area contributed by atoms with Gasteiger partial charge in [0.05, 0.1) is 26.2 Å². The number of hydrogen-bond acceptors (Lipinski definition) is 9. The van der Waals surface area contributed by atoms with Crippen LogP contribution in [0.15, 0.2) is 17.5 Å². The molecule has 4 aliphatic rings. The highest BCUT2D eigenvalue weighted by Crippen LogP contribution is 2.51. The number of carbonyl (C=O) groups excluding carboxylic acids is 1. The molecule has 0 N–H and O–H groups in total. The first-order valence-corrected chi connectivity index (χ1v) is 16.9. The average molecular weight is 665 g/mol. The normalized spacial score (nSPS) is 24.2. The van der Waals surface area contributed by atoms with Gasteiger partial charge in [0.25, 0.3) is 0 Å². The topological polar surface area (TPSA) is 94.8 Å². The highest BCUT2D eigenvalue weighted by molar-refractivity contribution is 7.17. The number of carbonyl (C=O) groups is 1. The van der Waals surface area contributed by atoms with Crippen LogP contribution in [0.1, 0.15) is 38.7 Å². The van der Waals surface area contributed by atoms with E-state index in [4.69, 9.17) is 26.1 Å². The summed E-state index contributed by atoms with van der Waals surface area (Å²) < 4.78 is 44.8. The van der Waals surface area contributed by atoms with Gasteiger partial charge in [0.1, 0.15) is 42.5 Å². The molecule has 0 bridgehead atoms. The predicted molar refractivity (Wildman–Crippen MR) is 172 cm³/mol. The van der Waals surface area contributed by atoms with Gasteiger partial charge in [0.15, 0.2) is 11.6 Å². The van der Waals surface area contributed by atoms with Crippen LogP contribution < -0.4 is 14.4 Å². The van der Waals surface area contributed by atoms with Crippen LogP contribution in [0.25, 0.3) is 32.1 Å². The zero-order valence-electron chi connectivity index (χ0n) is 25.4. The predicted octanol–water partition coefficient (Wildman–Crippen LogP) is 6.00. The summed E-state index contributed by atoms with van der Waals surface area (Å²) >= 11 is 8.08. The molecular formula is C33H31ClF2N6O3S. The molecule has 2 aromatic heterocycles. The van der Waals surface area contributed by atoms with E-state index in [1.807, 2.05) is 11.8 Å². The summed E-state index contributed by atoms with van der Waals surface area (Å²) in [4.78, 5) is 29.1. The Morgan fingerprint density at radius 1 is 1.24 bits per heavy atom. The summed E-state index contributed by atoms with van der Waals surface area (Å²) in [7, 11) is 0. The van der Waals surface area contributed by atoms with Crippen LogP contribution in [0.5, 0.6) is 11.8 Å². The lowest BCUT2D eigenvalue weighted by atomic mass is 9.92. The first kappa shape index (κ1) is 29.6. The van der Waals surface area contributed by atoms with Crippen LogP contribution in [0.4, 0.5) is 14.6 Å². The summed E-state index contributed by atoms with van der Waals surface area (Å²) in [6.45, 7) is 7.97. The average Bonchev–Trinajstić information content (AvgIpc) is 3.70. The number of nitriles is 1. The van der Waals surface area contributed by atoms with E-state index in [9.17, 15) is 14.4 Å². The highest BCUT2D eigenvalue weighted by Gasteiger charge is 2.48. The molecule has 238 valence electrons. The fourth-order valence-electron chi connectivity index (χ4n) is 8.04. The first-order valence-electron chi connectivity index (χ1n) is 15.6. The van der Waals surface area contributed by atoms with Crippen LogP contribution in [-0.2, 0) is 4.79 Å². The Labute approximate surface area is 273 Å². The van der Waals surface area contributed by atoms with Crippen LogP contribution in [0.2, 0.25) is 5.02 Å². The molecule has 6 heterocycles. The van der Waals surface area contributed by atoms with Gasteiger partial charge in [0.2, 0.25) is 5.91 Å². The summed E-state index contributed by atoms with van der Waals surface area (Å²) in [6.07, 6.45) is 3.08.